The smallest absolute Gasteiger partial charge is 0.145 e. The number of anilines is 6. The number of hydrogen-bond acceptors (Lipinski definition) is 3. The van der Waals surface area contributed by atoms with Gasteiger partial charge in [-0.1, -0.05) is 198 Å². The maximum Gasteiger partial charge on any atom is 0.145 e. The Kier molecular flexibility index (Phi) is 10.8. The van der Waals surface area contributed by atoms with E-state index in [9.17, 15) is 0 Å². The van der Waals surface area contributed by atoms with Crippen LogP contribution < -0.4 is 9.80 Å². The van der Waals surface area contributed by atoms with Gasteiger partial charge in [0.25, 0.3) is 0 Å². The highest BCUT2D eigenvalue weighted by atomic mass is 16.3. The third-order valence-corrected chi connectivity index (χ3v) is 16.6. The number of hydrogen-bond donors (Lipinski definition) is 0. The van der Waals surface area contributed by atoms with Gasteiger partial charge < -0.3 is 14.2 Å². The molecule has 370 valence electrons. The first-order valence-corrected chi connectivity index (χ1v) is 26.9. The van der Waals surface area contributed by atoms with Gasteiger partial charge in [-0.05, 0) is 157 Å². The van der Waals surface area contributed by atoms with E-state index in [1.165, 1.54) is 61.2 Å². The Morgan fingerprint density at radius 1 is 0.446 bits per heavy atom. The van der Waals surface area contributed by atoms with Crippen molar-refractivity contribution in [3.8, 4) is 11.1 Å². The van der Waals surface area contributed by atoms with E-state index in [0.717, 1.165) is 62.5 Å². The summed E-state index contributed by atoms with van der Waals surface area (Å²) >= 11 is 0. The predicted molar refractivity (Wildman–Crippen MR) is 315 cm³/mol. The second kappa shape index (κ2) is 16.8. The molecule has 0 saturated carbocycles. The largest absolute Gasteiger partial charge is 0.455 e. The molecule has 0 bridgehead atoms. The first kappa shape index (κ1) is 47.6. The fourth-order valence-corrected chi connectivity index (χ4v) is 12.6. The second-order valence-corrected chi connectivity index (χ2v) is 25.4. The molecule has 12 rings (SSSR count). The van der Waals surface area contributed by atoms with Gasteiger partial charge in [-0.2, -0.15) is 0 Å². The molecule has 2 unspecified atom stereocenters. The van der Waals surface area contributed by atoms with Crippen molar-refractivity contribution >= 4 is 61.6 Å². The molecule has 0 aliphatic heterocycles. The minimum atomic E-state index is -0.550. The number of allylic oxidation sites excluding steroid dienone is 4. The number of nitrogens with zero attached hydrogens (tertiary/aromatic N) is 2. The molecule has 1 heterocycles. The molecule has 2 atom stereocenters. The maximum absolute atomic E-state index is 7.40. The maximum atomic E-state index is 7.40. The van der Waals surface area contributed by atoms with Crippen molar-refractivity contribution in [2.45, 2.75) is 117 Å². The van der Waals surface area contributed by atoms with Crippen molar-refractivity contribution in [2.75, 3.05) is 9.80 Å². The molecule has 1 aromatic heterocycles. The number of para-hydroxylation sites is 1. The molecule has 3 aliphatic rings. The fraction of sp³-hybridized carbons (Fsp3) is 0.268. The molecule has 1 spiro atoms. The third-order valence-electron chi connectivity index (χ3n) is 16.6. The van der Waals surface area contributed by atoms with Gasteiger partial charge >= 0.3 is 0 Å². The van der Waals surface area contributed by atoms with Crippen LogP contribution in [0.4, 0.5) is 34.1 Å². The first-order valence-electron chi connectivity index (χ1n) is 26.9. The van der Waals surface area contributed by atoms with Crippen molar-refractivity contribution in [1.82, 2.24) is 0 Å². The molecule has 3 nitrogen and oxygen atoms in total. The molecular formula is C71H70N2O. The van der Waals surface area contributed by atoms with Gasteiger partial charge in [-0.15, -0.1) is 0 Å². The lowest BCUT2D eigenvalue weighted by Crippen LogP contribution is -2.33. The summed E-state index contributed by atoms with van der Waals surface area (Å²) in [7, 11) is 0. The van der Waals surface area contributed by atoms with Gasteiger partial charge in [0.2, 0.25) is 0 Å². The van der Waals surface area contributed by atoms with Gasteiger partial charge in [-0.3, -0.25) is 0 Å². The van der Waals surface area contributed by atoms with Crippen molar-refractivity contribution in [3.63, 3.8) is 0 Å². The summed E-state index contributed by atoms with van der Waals surface area (Å²) < 4.78 is 7.40. The van der Waals surface area contributed by atoms with E-state index >= 15 is 0 Å². The summed E-state index contributed by atoms with van der Waals surface area (Å²) in [4.78, 5) is 4.98. The van der Waals surface area contributed by atoms with Crippen molar-refractivity contribution in [2.24, 2.45) is 5.92 Å². The Bertz CT molecular complexity index is 3590. The van der Waals surface area contributed by atoms with E-state index in [-0.39, 0.29) is 27.6 Å². The molecule has 74 heavy (non-hydrogen) atoms. The summed E-state index contributed by atoms with van der Waals surface area (Å²) in [5.74, 6) is 0.144. The molecule has 0 amide bonds. The number of fused-ring (bicyclic) bond motifs is 14. The third kappa shape index (κ3) is 7.52. The lowest BCUT2D eigenvalue weighted by Gasteiger charge is -2.37. The highest BCUT2D eigenvalue weighted by Gasteiger charge is 2.57. The molecule has 9 aromatic rings. The van der Waals surface area contributed by atoms with E-state index in [4.69, 9.17) is 4.42 Å². The standard InChI is InChI=1S/C71H70N2O/c1-67(2,3)45-25-33-49(34-26-45)72(50-35-27-46(28-36-50)68(4,5)6)53-41-42-56-60(43-53)71(58-22-16-13-19-54(58)55-20-14-17-23-59(55)71)61-44-62(65-57-21-15-18-24-63(57)74-66(65)64(56)61)73(51-37-29-47(30-38-51)69(7,8)9)52-39-31-48(32-40-52)70(10,11)12/h13-22,24-44,59H,23H2,1-12H3. The van der Waals surface area contributed by atoms with Crippen molar-refractivity contribution < 1.29 is 4.42 Å². The number of furan rings is 1. The monoisotopic (exact) mass is 967 g/mol. The quantitative estimate of drug-likeness (QED) is 0.166. The van der Waals surface area contributed by atoms with Crippen LogP contribution in [0.25, 0.3) is 38.6 Å². The first-order chi connectivity index (χ1) is 35.2. The Balaban J connectivity index is 1.17. The average molecular weight is 967 g/mol. The molecule has 0 N–H and O–H groups in total. The van der Waals surface area contributed by atoms with Gasteiger partial charge in [0, 0.05) is 45.3 Å². The molecule has 8 aromatic carbocycles. The van der Waals surface area contributed by atoms with Crippen LogP contribution in [-0.4, -0.2) is 0 Å². The van der Waals surface area contributed by atoms with Crippen molar-refractivity contribution in [3.05, 3.63) is 233 Å². The van der Waals surface area contributed by atoms with Gasteiger partial charge in [0.15, 0.2) is 0 Å². The summed E-state index contributed by atoms with van der Waals surface area (Å²) in [6.07, 6.45) is 7.97. The van der Waals surface area contributed by atoms with Crippen LogP contribution >= 0.6 is 0 Å². The zero-order valence-corrected chi connectivity index (χ0v) is 45.5. The topological polar surface area (TPSA) is 19.6 Å². The van der Waals surface area contributed by atoms with E-state index < -0.39 is 5.41 Å². The predicted octanol–water partition coefficient (Wildman–Crippen LogP) is 20.0. The summed E-state index contributed by atoms with van der Waals surface area (Å²) in [5, 5.41) is 2.23. The lowest BCUT2D eigenvalue weighted by atomic mass is 9.65. The molecule has 0 saturated heterocycles. The Labute approximate surface area is 439 Å². The van der Waals surface area contributed by atoms with Gasteiger partial charge in [0.05, 0.1) is 16.5 Å². The molecule has 0 fully saturated rings. The van der Waals surface area contributed by atoms with E-state index in [1.807, 2.05) is 0 Å². The van der Waals surface area contributed by atoms with E-state index in [0.29, 0.717) is 0 Å². The van der Waals surface area contributed by atoms with Crippen LogP contribution in [0.3, 0.4) is 0 Å². The SMILES string of the molecule is CC(C)(C)c1ccc(N(c2ccc(C(C)(C)C)cc2)c2ccc3c(c2)C2(c4ccccc4C4=CC=CCC42)c2cc(N(c4ccc(C(C)(C)C)cc4)c4ccc(C(C)(C)C)cc4)c4c(oc5ccccc54)c2-3)cc1. The van der Waals surface area contributed by atoms with Crippen LogP contribution in [-0.2, 0) is 27.1 Å². The van der Waals surface area contributed by atoms with Crippen molar-refractivity contribution in [1.29, 1.82) is 0 Å². The summed E-state index contributed by atoms with van der Waals surface area (Å²) in [6.45, 7) is 27.5. The van der Waals surface area contributed by atoms with E-state index in [1.54, 1.807) is 0 Å². The van der Waals surface area contributed by atoms with Crippen LogP contribution in [0.1, 0.15) is 134 Å². The second-order valence-electron chi connectivity index (χ2n) is 25.4. The molecular weight excluding hydrogens is 897 g/mol. The zero-order chi connectivity index (χ0) is 51.7. The normalized spacial score (nSPS) is 17.1. The van der Waals surface area contributed by atoms with Crippen LogP contribution in [0, 0.1) is 5.92 Å². The molecule has 3 heteroatoms. The fourth-order valence-electron chi connectivity index (χ4n) is 12.6. The van der Waals surface area contributed by atoms with Crippen LogP contribution in [0.2, 0.25) is 0 Å². The average Bonchev–Trinajstić information content (AvgIpc) is 4.03. The lowest BCUT2D eigenvalue weighted by molar-refractivity contribution is 0.494. The molecule has 0 radical (unpaired) electrons. The van der Waals surface area contributed by atoms with Gasteiger partial charge in [-0.25, -0.2) is 0 Å². The minimum Gasteiger partial charge on any atom is -0.455 e. The van der Waals surface area contributed by atoms with E-state index in [2.05, 4.69) is 281 Å². The molecule has 3 aliphatic carbocycles. The Morgan fingerprint density at radius 2 is 0.919 bits per heavy atom. The van der Waals surface area contributed by atoms with Crippen LogP contribution in [0.15, 0.2) is 193 Å². The van der Waals surface area contributed by atoms with Gasteiger partial charge in [0.1, 0.15) is 11.2 Å². The number of benzene rings is 8. The number of rotatable bonds is 6. The Hall–Kier alpha value is -7.36. The van der Waals surface area contributed by atoms with Crippen LogP contribution in [0.5, 0.6) is 0 Å². The minimum absolute atomic E-state index is 0.00714. The zero-order valence-electron chi connectivity index (χ0n) is 45.5. The highest BCUT2D eigenvalue weighted by Crippen LogP contribution is 2.68. The summed E-state index contributed by atoms with van der Waals surface area (Å²) in [6, 6.07) is 64.9. The summed E-state index contributed by atoms with van der Waals surface area (Å²) in [5.41, 5.74) is 22.4. The Morgan fingerprint density at radius 3 is 1.45 bits per heavy atom. The highest BCUT2D eigenvalue weighted by molar-refractivity contribution is 6.19.